The van der Waals surface area contributed by atoms with Crippen LogP contribution in [0.25, 0.3) is 11.1 Å². The van der Waals surface area contributed by atoms with Crippen LogP contribution in [0.2, 0.25) is 0 Å². The molecule has 0 atom stereocenters. The lowest BCUT2D eigenvalue weighted by molar-refractivity contribution is -0.231. The monoisotopic (exact) mass is 379 g/mol. The van der Waals surface area contributed by atoms with Gasteiger partial charge in [-0.2, -0.15) is 0 Å². The number of aliphatic hydroxyl groups excluding tert-OH is 1. The third-order valence-electron chi connectivity index (χ3n) is 6.69. The van der Waals surface area contributed by atoms with Crippen molar-refractivity contribution in [3.05, 3.63) is 53.6 Å². The molecule has 148 valence electrons. The van der Waals surface area contributed by atoms with Crippen molar-refractivity contribution < 1.29 is 14.6 Å². The van der Waals surface area contributed by atoms with Crippen LogP contribution < -0.4 is 4.74 Å². The highest BCUT2D eigenvalue weighted by Crippen LogP contribution is 2.40. The normalized spacial score (nSPS) is 21.8. The van der Waals surface area contributed by atoms with Crippen molar-refractivity contribution in [1.82, 2.24) is 4.90 Å². The minimum atomic E-state index is -0.430. The maximum atomic E-state index is 9.07. The standard InChI is InChI=1S/C24H29NO3/c26-15-10-18-4-6-19(7-5-18)20-8-9-23-21(16-20)17-27-24(28-23)11-13-25(14-12-24)22-2-1-3-22/h4-9,16,22,26H,1-3,10-15,17H2. The van der Waals surface area contributed by atoms with Crippen molar-refractivity contribution in [1.29, 1.82) is 0 Å². The SMILES string of the molecule is OCCc1ccc(-c2ccc3c(c2)COC2(CCN(C4CCC4)CC2)O3)cc1. The van der Waals surface area contributed by atoms with E-state index < -0.39 is 5.79 Å². The zero-order valence-corrected chi connectivity index (χ0v) is 16.4. The first-order valence-corrected chi connectivity index (χ1v) is 10.6. The van der Waals surface area contributed by atoms with Gasteiger partial charge in [-0.3, -0.25) is 4.90 Å². The van der Waals surface area contributed by atoms with Crippen molar-refractivity contribution in [3.8, 4) is 16.9 Å². The molecule has 4 nitrogen and oxygen atoms in total. The van der Waals surface area contributed by atoms with Crippen LogP contribution in [-0.4, -0.2) is 41.5 Å². The number of rotatable bonds is 4. The fourth-order valence-electron chi connectivity index (χ4n) is 4.63. The molecule has 0 amide bonds. The second kappa shape index (κ2) is 7.51. The van der Waals surface area contributed by atoms with E-state index in [1.165, 1.54) is 30.4 Å². The topological polar surface area (TPSA) is 41.9 Å². The molecule has 0 bridgehead atoms. The molecule has 2 aliphatic heterocycles. The molecule has 28 heavy (non-hydrogen) atoms. The Hall–Kier alpha value is -1.88. The second-order valence-corrected chi connectivity index (χ2v) is 8.42. The second-order valence-electron chi connectivity index (χ2n) is 8.42. The zero-order valence-electron chi connectivity index (χ0n) is 16.4. The van der Waals surface area contributed by atoms with Crippen LogP contribution in [0.1, 0.15) is 43.2 Å². The molecule has 1 saturated carbocycles. The Balaban J connectivity index is 1.28. The molecule has 1 N–H and O–H groups in total. The van der Waals surface area contributed by atoms with Gasteiger partial charge in [0.15, 0.2) is 0 Å². The van der Waals surface area contributed by atoms with Crippen LogP contribution >= 0.6 is 0 Å². The van der Waals surface area contributed by atoms with Crippen LogP contribution in [0.4, 0.5) is 0 Å². The number of aliphatic hydroxyl groups is 1. The quantitative estimate of drug-likeness (QED) is 0.867. The summed E-state index contributed by atoms with van der Waals surface area (Å²) in [7, 11) is 0. The van der Waals surface area contributed by atoms with E-state index in [0.29, 0.717) is 13.0 Å². The van der Waals surface area contributed by atoms with Gasteiger partial charge >= 0.3 is 0 Å². The van der Waals surface area contributed by atoms with Crippen LogP contribution in [0.5, 0.6) is 5.75 Å². The summed E-state index contributed by atoms with van der Waals surface area (Å²) in [6, 6.07) is 15.7. The van der Waals surface area contributed by atoms with Crippen LogP contribution in [-0.2, 0) is 17.8 Å². The maximum Gasteiger partial charge on any atom is 0.213 e. The van der Waals surface area contributed by atoms with E-state index >= 15 is 0 Å². The van der Waals surface area contributed by atoms with Crippen molar-refractivity contribution in [2.24, 2.45) is 0 Å². The van der Waals surface area contributed by atoms with E-state index in [1.807, 2.05) is 0 Å². The van der Waals surface area contributed by atoms with E-state index in [4.69, 9.17) is 14.6 Å². The maximum absolute atomic E-state index is 9.07. The Morgan fingerprint density at radius 2 is 1.75 bits per heavy atom. The molecule has 2 fully saturated rings. The van der Waals surface area contributed by atoms with Crippen LogP contribution in [0.3, 0.4) is 0 Å². The number of hydrogen-bond acceptors (Lipinski definition) is 4. The molecule has 1 saturated heterocycles. The van der Waals surface area contributed by atoms with Gasteiger partial charge in [0.25, 0.3) is 0 Å². The van der Waals surface area contributed by atoms with Gasteiger partial charge in [-0.25, -0.2) is 0 Å². The molecular weight excluding hydrogens is 350 g/mol. The number of nitrogens with zero attached hydrogens (tertiary/aromatic N) is 1. The van der Waals surface area contributed by atoms with Gasteiger partial charge in [-0.05, 0) is 48.1 Å². The van der Waals surface area contributed by atoms with E-state index in [1.54, 1.807) is 0 Å². The third kappa shape index (κ3) is 3.45. The highest BCUT2D eigenvalue weighted by molar-refractivity contribution is 5.66. The third-order valence-corrected chi connectivity index (χ3v) is 6.69. The van der Waals surface area contributed by atoms with Gasteiger partial charge in [0.2, 0.25) is 5.79 Å². The highest BCUT2D eigenvalue weighted by atomic mass is 16.7. The van der Waals surface area contributed by atoms with Gasteiger partial charge < -0.3 is 14.6 Å². The fourth-order valence-corrected chi connectivity index (χ4v) is 4.63. The predicted octanol–water partition coefficient (Wildman–Crippen LogP) is 4.14. The van der Waals surface area contributed by atoms with Gasteiger partial charge in [0.05, 0.1) is 6.61 Å². The Morgan fingerprint density at radius 3 is 2.43 bits per heavy atom. The molecule has 1 aliphatic carbocycles. The molecular formula is C24H29NO3. The van der Waals surface area contributed by atoms with Gasteiger partial charge in [-0.1, -0.05) is 36.8 Å². The van der Waals surface area contributed by atoms with Crippen molar-refractivity contribution >= 4 is 0 Å². The summed E-state index contributed by atoms with van der Waals surface area (Å²) in [5, 5.41) is 9.07. The molecule has 5 rings (SSSR count). The Labute approximate surface area is 167 Å². The van der Waals surface area contributed by atoms with Crippen molar-refractivity contribution in [2.75, 3.05) is 19.7 Å². The molecule has 0 unspecified atom stereocenters. The number of hydrogen-bond donors (Lipinski definition) is 1. The van der Waals surface area contributed by atoms with Crippen molar-refractivity contribution in [2.45, 2.75) is 57.0 Å². The number of fused-ring (bicyclic) bond motifs is 1. The van der Waals surface area contributed by atoms with Gasteiger partial charge in [0, 0.05) is 44.1 Å². The minimum Gasteiger partial charge on any atom is -0.462 e. The average molecular weight is 380 g/mol. The van der Waals surface area contributed by atoms with Crippen molar-refractivity contribution in [3.63, 3.8) is 0 Å². The summed E-state index contributed by atoms with van der Waals surface area (Å²) in [5.74, 6) is 0.546. The Bertz CT molecular complexity index is 820. The number of benzene rings is 2. The van der Waals surface area contributed by atoms with E-state index in [9.17, 15) is 0 Å². The highest BCUT2D eigenvalue weighted by Gasteiger charge is 2.42. The number of piperidine rings is 1. The van der Waals surface area contributed by atoms with Crippen LogP contribution in [0, 0.1) is 0 Å². The summed E-state index contributed by atoms with van der Waals surface area (Å²) in [6.45, 7) is 2.97. The molecule has 2 heterocycles. The summed E-state index contributed by atoms with van der Waals surface area (Å²) in [5.41, 5.74) is 4.64. The smallest absolute Gasteiger partial charge is 0.213 e. The molecule has 0 radical (unpaired) electrons. The average Bonchev–Trinajstić information content (AvgIpc) is 2.69. The summed E-state index contributed by atoms with van der Waals surface area (Å²) < 4.78 is 12.7. The molecule has 4 heteroatoms. The molecule has 1 spiro atoms. The largest absolute Gasteiger partial charge is 0.462 e. The van der Waals surface area contributed by atoms with Gasteiger partial charge in [-0.15, -0.1) is 0 Å². The lowest BCUT2D eigenvalue weighted by Gasteiger charge is -2.47. The number of likely N-dealkylation sites (tertiary alicyclic amines) is 1. The molecule has 3 aliphatic rings. The Kier molecular flexibility index (Phi) is 4.87. The molecule has 2 aromatic rings. The fraction of sp³-hybridized carbons (Fsp3) is 0.500. The molecule has 0 aromatic heterocycles. The van der Waals surface area contributed by atoms with Crippen LogP contribution in [0.15, 0.2) is 42.5 Å². The lowest BCUT2D eigenvalue weighted by Crippen LogP contribution is -2.54. The molecule has 2 aromatic carbocycles. The van der Waals surface area contributed by atoms with E-state index in [-0.39, 0.29) is 6.61 Å². The van der Waals surface area contributed by atoms with E-state index in [2.05, 4.69) is 47.4 Å². The Morgan fingerprint density at radius 1 is 1.00 bits per heavy atom. The summed E-state index contributed by atoms with van der Waals surface area (Å²) in [6.07, 6.45) is 6.72. The predicted molar refractivity (Wildman–Crippen MR) is 109 cm³/mol. The first kappa shape index (κ1) is 18.2. The number of ether oxygens (including phenoxy) is 2. The first-order valence-electron chi connectivity index (χ1n) is 10.6. The lowest BCUT2D eigenvalue weighted by atomic mass is 9.89. The summed E-state index contributed by atoms with van der Waals surface area (Å²) >= 11 is 0. The summed E-state index contributed by atoms with van der Waals surface area (Å²) in [4.78, 5) is 2.63. The van der Waals surface area contributed by atoms with Gasteiger partial charge in [0.1, 0.15) is 5.75 Å². The first-order chi connectivity index (χ1) is 13.7. The minimum absolute atomic E-state index is 0.188. The van der Waals surface area contributed by atoms with E-state index in [0.717, 1.165) is 48.8 Å². The zero-order chi connectivity index (χ0) is 19.0.